The summed E-state index contributed by atoms with van der Waals surface area (Å²) >= 11 is 0. The summed E-state index contributed by atoms with van der Waals surface area (Å²) in [5.74, 6) is 0.945. The topological polar surface area (TPSA) is 110 Å². The third kappa shape index (κ3) is 2.79. The summed E-state index contributed by atoms with van der Waals surface area (Å²) in [4.78, 5) is 26.0. The lowest BCUT2D eigenvalue weighted by atomic mass is 9.51. The van der Waals surface area contributed by atoms with Crippen LogP contribution in [0.5, 0.6) is 11.5 Å². The van der Waals surface area contributed by atoms with E-state index in [1.807, 2.05) is 0 Å². The van der Waals surface area contributed by atoms with Crippen molar-refractivity contribution in [3.05, 3.63) is 28.3 Å². The van der Waals surface area contributed by atoms with Crippen LogP contribution >= 0.6 is 0 Å². The van der Waals surface area contributed by atoms with Gasteiger partial charge in [-0.05, 0) is 61.5 Å². The Morgan fingerprint density at radius 2 is 2.12 bits per heavy atom. The number of fused-ring (bicyclic) bond motifs is 2. The lowest BCUT2D eigenvalue weighted by Crippen LogP contribution is -2.51. The van der Waals surface area contributed by atoms with Gasteiger partial charge in [0.05, 0.1) is 11.6 Å². The van der Waals surface area contributed by atoms with Gasteiger partial charge in [-0.1, -0.05) is 0 Å². The molecule has 0 radical (unpaired) electrons. The van der Waals surface area contributed by atoms with Crippen LogP contribution in [0.1, 0.15) is 25.7 Å². The molecule has 0 spiro atoms. The Morgan fingerprint density at radius 1 is 1.36 bits per heavy atom. The summed E-state index contributed by atoms with van der Waals surface area (Å²) in [6, 6.07) is 1.18. The Bertz CT molecular complexity index is 1220. The molecular weight excluding hydrogens is 431 g/mol. The number of carboxylic acid groups (broad SMARTS) is 1. The summed E-state index contributed by atoms with van der Waals surface area (Å²) in [5.41, 5.74) is 6.49. The van der Waals surface area contributed by atoms with Gasteiger partial charge >= 0.3 is 6.16 Å². The number of pyridine rings is 1. The molecule has 3 aliphatic carbocycles. The van der Waals surface area contributed by atoms with Crippen LogP contribution in [-0.4, -0.2) is 49.4 Å². The number of ether oxygens (including phenoxy) is 2. The molecule has 3 saturated carbocycles. The Balaban J connectivity index is 1.50. The third-order valence-electron chi connectivity index (χ3n) is 8.59. The molecule has 2 aromatic rings. The van der Waals surface area contributed by atoms with E-state index in [1.54, 1.807) is 16.7 Å². The van der Waals surface area contributed by atoms with Crippen molar-refractivity contribution in [2.45, 2.75) is 25.7 Å². The number of aromatic nitrogens is 1. The van der Waals surface area contributed by atoms with Crippen LogP contribution in [0.3, 0.4) is 0 Å². The lowest BCUT2D eigenvalue weighted by molar-refractivity contribution is -0.0266. The van der Waals surface area contributed by atoms with E-state index >= 15 is 4.39 Å². The number of hydrogen-bond donors (Lipinski definition) is 2. The van der Waals surface area contributed by atoms with Crippen molar-refractivity contribution in [1.82, 2.24) is 4.68 Å². The molecule has 1 aromatic carbocycles. The van der Waals surface area contributed by atoms with Crippen molar-refractivity contribution < 1.29 is 23.8 Å². The summed E-state index contributed by atoms with van der Waals surface area (Å²) < 4.78 is 27.9. The van der Waals surface area contributed by atoms with Gasteiger partial charge < -0.3 is 25.2 Å². The second-order valence-corrected chi connectivity index (χ2v) is 9.98. The molecule has 1 aromatic heterocycles. The van der Waals surface area contributed by atoms with Gasteiger partial charge in [0, 0.05) is 20.1 Å². The Kier molecular flexibility index (Phi) is 4.36. The van der Waals surface area contributed by atoms with E-state index in [2.05, 4.69) is 9.64 Å². The highest BCUT2D eigenvalue weighted by Crippen LogP contribution is 2.59. The van der Waals surface area contributed by atoms with E-state index in [-0.39, 0.29) is 23.3 Å². The average Bonchev–Trinajstić information content (AvgIpc) is 3.26. The second-order valence-electron chi connectivity index (χ2n) is 9.98. The van der Waals surface area contributed by atoms with Gasteiger partial charge in [0.15, 0.2) is 18.3 Å². The van der Waals surface area contributed by atoms with Crippen molar-refractivity contribution >= 4 is 22.7 Å². The van der Waals surface area contributed by atoms with Crippen LogP contribution in [0.15, 0.2) is 17.1 Å². The third-order valence-corrected chi connectivity index (χ3v) is 8.59. The van der Waals surface area contributed by atoms with Crippen LogP contribution in [0, 0.1) is 29.0 Å². The fourth-order valence-corrected chi connectivity index (χ4v) is 6.97. The van der Waals surface area contributed by atoms with Crippen LogP contribution in [0.4, 0.5) is 14.9 Å². The number of benzene rings is 1. The van der Waals surface area contributed by atoms with Crippen molar-refractivity contribution in [3.8, 4) is 11.5 Å². The van der Waals surface area contributed by atoms with E-state index in [0.29, 0.717) is 41.3 Å². The lowest BCUT2D eigenvalue weighted by Gasteiger charge is -2.53. The number of hydrogen-bond acceptors (Lipinski definition) is 7. The van der Waals surface area contributed by atoms with Crippen LogP contribution in [0.25, 0.3) is 10.9 Å². The maximum Gasteiger partial charge on any atom is 0.511 e. The van der Waals surface area contributed by atoms with Gasteiger partial charge in [-0.25, -0.2) is 9.18 Å². The van der Waals surface area contributed by atoms with Gasteiger partial charge in [0.1, 0.15) is 11.2 Å². The zero-order chi connectivity index (χ0) is 23.1. The van der Waals surface area contributed by atoms with Gasteiger partial charge in [0.25, 0.3) is 0 Å². The standard InChI is InChI=1S/C23H27FN4O5/c1-26-11-32-21-18-13(20(29)17(9-28(18)26)33-22(30)31)6-16(24)19(21)27-7-14-12-2-4-23(10-25,5-3-12)15(14)8-27/h6,9,12,14-15H,2-5,7-8,10-11,25H2,1H3,(H,30,31). The van der Waals surface area contributed by atoms with Crippen molar-refractivity contribution in [1.29, 1.82) is 0 Å². The number of halogens is 1. The summed E-state index contributed by atoms with van der Waals surface area (Å²) in [6.07, 6.45) is 4.38. The summed E-state index contributed by atoms with van der Waals surface area (Å²) in [7, 11) is 1.73. The normalized spacial score (nSPS) is 29.8. The number of nitrogens with zero attached hydrogens (tertiary/aromatic N) is 3. The van der Waals surface area contributed by atoms with E-state index in [9.17, 15) is 9.59 Å². The molecular formula is C23H27FN4O5. The molecule has 33 heavy (non-hydrogen) atoms. The van der Waals surface area contributed by atoms with Crippen molar-refractivity contribution in [3.63, 3.8) is 0 Å². The Morgan fingerprint density at radius 3 is 2.82 bits per heavy atom. The summed E-state index contributed by atoms with van der Waals surface area (Å²) in [5, 5.41) is 10.7. The maximum atomic E-state index is 15.6. The van der Waals surface area contributed by atoms with E-state index in [1.165, 1.54) is 25.1 Å². The molecule has 176 valence electrons. The quantitative estimate of drug-likeness (QED) is 0.675. The van der Waals surface area contributed by atoms with Gasteiger partial charge in [-0.15, -0.1) is 0 Å². The molecule has 0 amide bonds. The largest absolute Gasteiger partial charge is 0.511 e. The fraction of sp³-hybridized carbons (Fsp3) is 0.565. The highest BCUT2D eigenvalue weighted by atomic mass is 19.1. The fourth-order valence-electron chi connectivity index (χ4n) is 6.97. The molecule has 7 rings (SSSR count). The van der Waals surface area contributed by atoms with E-state index in [0.717, 1.165) is 25.9 Å². The summed E-state index contributed by atoms with van der Waals surface area (Å²) in [6.45, 7) is 2.24. The Hall–Kier alpha value is -3.01. The highest BCUT2D eigenvalue weighted by Gasteiger charge is 2.56. The van der Waals surface area contributed by atoms with Gasteiger partial charge in [-0.2, -0.15) is 0 Å². The van der Waals surface area contributed by atoms with Crippen molar-refractivity contribution in [2.24, 2.45) is 28.9 Å². The van der Waals surface area contributed by atoms with Crippen LogP contribution in [-0.2, 0) is 0 Å². The predicted octanol–water partition coefficient (Wildman–Crippen LogP) is 2.32. The van der Waals surface area contributed by atoms with Gasteiger partial charge in [-0.3, -0.25) is 14.5 Å². The number of anilines is 1. The molecule has 2 bridgehead atoms. The minimum Gasteiger partial charge on any atom is -0.467 e. The molecule has 2 unspecified atom stereocenters. The van der Waals surface area contributed by atoms with E-state index < -0.39 is 17.4 Å². The molecule has 1 saturated heterocycles. The highest BCUT2D eigenvalue weighted by molar-refractivity contribution is 5.93. The first-order valence-corrected chi connectivity index (χ1v) is 11.4. The van der Waals surface area contributed by atoms with Crippen molar-refractivity contribution in [2.75, 3.05) is 43.3 Å². The predicted molar refractivity (Wildman–Crippen MR) is 119 cm³/mol. The molecule has 5 aliphatic rings. The van der Waals surface area contributed by atoms with Crippen LogP contribution in [0.2, 0.25) is 0 Å². The monoisotopic (exact) mass is 458 g/mol. The number of nitrogens with two attached hydrogens (primary N) is 1. The zero-order valence-electron chi connectivity index (χ0n) is 18.4. The molecule has 9 nitrogen and oxygen atoms in total. The minimum absolute atomic E-state index is 0.0201. The molecule has 4 fully saturated rings. The van der Waals surface area contributed by atoms with Crippen LogP contribution < -0.4 is 30.5 Å². The minimum atomic E-state index is -1.60. The smallest absolute Gasteiger partial charge is 0.467 e. The van der Waals surface area contributed by atoms with E-state index in [4.69, 9.17) is 15.6 Å². The number of rotatable bonds is 3. The SMILES string of the molecule is CN1COc2c(N3CC4C5CCC(CN)(CC5)C4C3)c(F)cc3c(=O)c(OC(=O)O)cn1c23. The molecule has 10 heteroatoms. The van der Waals surface area contributed by atoms with Gasteiger partial charge in [0.2, 0.25) is 11.2 Å². The number of carbonyl (C=O) groups is 1. The first-order valence-electron chi connectivity index (χ1n) is 11.4. The molecule has 2 aliphatic heterocycles. The molecule has 3 N–H and O–H groups in total. The molecule has 2 atom stereocenters. The Labute approximate surface area is 189 Å². The second kappa shape index (κ2) is 6.99. The average molecular weight is 458 g/mol. The first-order chi connectivity index (χ1) is 15.8. The molecule has 3 heterocycles. The first kappa shape index (κ1) is 20.6. The zero-order valence-corrected chi connectivity index (χ0v) is 18.4. The maximum absolute atomic E-state index is 15.6.